The molecule has 0 aromatic heterocycles. The maximum atomic E-state index is 8.42. The van der Waals surface area contributed by atoms with Gasteiger partial charge in [0.15, 0.2) is 0 Å². The summed E-state index contributed by atoms with van der Waals surface area (Å²) >= 11 is 0. The van der Waals surface area contributed by atoms with Crippen molar-refractivity contribution in [1.82, 2.24) is 0 Å². The van der Waals surface area contributed by atoms with Crippen LogP contribution in [-0.2, 0) is 0 Å². The Morgan fingerprint density at radius 3 is 0.871 bits per heavy atom. The molecule has 7 heteroatoms. The van der Waals surface area contributed by atoms with Crippen LogP contribution in [0.3, 0.4) is 0 Å². The Hall–Kier alpha value is -1.38. The predicted octanol–water partition coefficient (Wildman–Crippen LogP) is -6.25. The van der Waals surface area contributed by atoms with E-state index in [4.69, 9.17) is 15.1 Å². The van der Waals surface area contributed by atoms with E-state index in [0.717, 1.165) is 0 Å². The minimum absolute atomic E-state index is 0. The molecule has 4 rings (SSSR count). The molecule has 0 N–H and O–H groups in total. The van der Waals surface area contributed by atoms with Gasteiger partial charge < -0.3 is 15.1 Å². The van der Waals surface area contributed by atoms with E-state index >= 15 is 0 Å². The molecule has 0 bridgehead atoms. The SMILES string of the molecule is [Li+].[Li+].[Li+].[O-]B([O-])[O-].c1ccc(-c2ccccc2-c2ccccc2-c2ccccc2)cc1. The summed E-state index contributed by atoms with van der Waals surface area (Å²) in [6, 6.07) is 38.4. The molecule has 138 valence electrons. The standard InChI is InChI=1S/C24H18.BO3.3Li/c1-3-11-19(12-4-1)21-15-7-9-17-23(21)24-18-10-8-16-22(24)20-13-5-2-6-14-20;2-1(3)4;;;/h1-18H;;;;/q;-3;3*+1. The first-order valence-corrected chi connectivity index (χ1v) is 8.93. The summed E-state index contributed by atoms with van der Waals surface area (Å²) in [5.74, 6) is 0. The summed E-state index contributed by atoms with van der Waals surface area (Å²) in [5.41, 5.74) is 7.56. The quantitative estimate of drug-likeness (QED) is 0.329. The molecule has 0 aliphatic rings. The number of hydrogen-bond acceptors (Lipinski definition) is 3. The fourth-order valence-electron chi connectivity index (χ4n) is 3.17. The Balaban J connectivity index is 0.00000119. The number of rotatable bonds is 3. The second-order valence-electron chi connectivity index (χ2n) is 6.11. The molecule has 3 nitrogen and oxygen atoms in total. The second kappa shape index (κ2) is 15.4. The van der Waals surface area contributed by atoms with Crippen LogP contribution in [0.4, 0.5) is 0 Å². The van der Waals surface area contributed by atoms with Gasteiger partial charge in [-0.1, -0.05) is 109 Å². The summed E-state index contributed by atoms with van der Waals surface area (Å²) in [4.78, 5) is 0. The van der Waals surface area contributed by atoms with E-state index in [1.54, 1.807) is 0 Å². The summed E-state index contributed by atoms with van der Waals surface area (Å²) in [7, 11) is -2.92. The van der Waals surface area contributed by atoms with E-state index in [1.807, 2.05) is 0 Å². The van der Waals surface area contributed by atoms with Crippen molar-refractivity contribution in [3.63, 3.8) is 0 Å². The molecule has 0 heterocycles. The second-order valence-corrected chi connectivity index (χ2v) is 6.11. The fourth-order valence-corrected chi connectivity index (χ4v) is 3.17. The molecule has 31 heavy (non-hydrogen) atoms. The van der Waals surface area contributed by atoms with Gasteiger partial charge in [0.05, 0.1) is 0 Å². The maximum absolute atomic E-state index is 8.42. The van der Waals surface area contributed by atoms with Crippen LogP contribution < -0.4 is 71.7 Å². The average Bonchev–Trinajstić information content (AvgIpc) is 2.75. The van der Waals surface area contributed by atoms with Crippen molar-refractivity contribution in [2.24, 2.45) is 0 Å². The van der Waals surface area contributed by atoms with Gasteiger partial charge in [-0.25, -0.2) is 0 Å². The van der Waals surface area contributed by atoms with Gasteiger partial charge in [-0.05, 0) is 33.4 Å². The van der Waals surface area contributed by atoms with Crippen molar-refractivity contribution in [1.29, 1.82) is 0 Å². The van der Waals surface area contributed by atoms with Gasteiger partial charge in [0.1, 0.15) is 0 Å². The van der Waals surface area contributed by atoms with Crippen molar-refractivity contribution >= 4 is 7.32 Å². The smallest absolute Gasteiger partial charge is 0.907 e. The van der Waals surface area contributed by atoms with Crippen LogP contribution in [0.5, 0.6) is 0 Å². The van der Waals surface area contributed by atoms with Gasteiger partial charge in [0, 0.05) is 0 Å². The van der Waals surface area contributed by atoms with E-state index < -0.39 is 7.32 Å². The molecule has 4 aromatic rings. The van der Waals surface area contributed by atoms with Crippen LogP contribution in [0.15, 0.2) is 109 Å². The van der Waals surface area contributed by atoms with Crippen LogP contribution in [0.2, 0.25) is 0 Å². The summed E-state index contributed by atoms with van der Waals surface area (Å²) in [6.45, 7) is 0. The summed E-state index contributed by atoms with van der Waals surface area (Å²) < 4.78 is 0. The zero-order valence-electron chi connectivity index (χ0n) is 18.2. The first kappa shape index (κ1) is 29.6. The molecule has 0 fully saturated rings. The van der Waals surface area contributed by atoms with E-state index in [2.05, 4.69) is 109 Å². The molecule has 0 saturated carbocycles. The number of benzene rings is 4. The first-order chi connectivity index (χ1) is 13.7. The zero-order chi connectivity index (χ0) is 19.8. The monoisotopic (exact) mass is 386 g/mol. The Morgan fingerprint density at radius 1 is 0.355 bits per heavy atom. The summed E-state index contributed by atoms with van der Waals surface area (Å²) in [6.07, 6.45) is 0. The van der Waals surface area contributed by atoms with Crippen LogP contribution >= 0.6 is 0 Å². The molecule has 0 amide bonds. The molecular formula is C24H18BLi3O3. The Morgan fingerprint density at radius 2 is 0.581 bits per heavy atom. The van der Waals surface area contributed by atoms with Crippen molar-refractivity contribution in [3.8, 4) is 33.4 Å². The normalized spacial score (nSPS) is 9.00. The van der Waals surface area contributed by atoms with Crippen molar-refractivity contribution < 1.29 is 71.7 Å². The van der Waals surface area contributed by atoms with Gasteiger partial charge in [-0.3, -0.25) is 7.32 Å². The van der Waals surface area contributed by atoms with Crippen molar-refractivity contribution in [2.75, 3.05) is 0 Å². The molecule has 0 spiro atoms. The van der Waals surface area contributed by atoms with Crippen molar-refractivity contribution in [3.05, 3.63) is 109 Å². The molecule has 0 radical (unpaired) electrons. The van der Waals surface area contributed by atoms with Gasteiger partial charge >= 0.3 is 56.6 Å². The first-order valence-electron chi connectivity index (χ1n) is 8.93. The van der Waals surface area contributed by atoms with E-state index in [9.17, 15) is 0 Å². The van der Waals surface area contributed by atoms with Crippen LogP contribution in [0.25, 0.3) is 33.4 Å². The molecule has 0 unspecified atom stereocenters. The largest absolute Gasteiger partial charge is 1.00 e. The van der Waals surface area contributed by atoms with Crippen LogP contribution in [0, 0.1) is 0 Å². The van der Waals surface area contributed by atoms with Crippen molar-refractivity contribution in [2.45, 2.75) is 0 Å². The molecule has 0 aliphatic carbocycles. The van der Waals surface area contributed by atoms with E-state index in [-0.39, 0.29) is 56.6 Å². The minimum atomic E-state index is -2.92. The summed E-state index contributed by atoms with van der Waals surface area (Å²) in [5, 5.41) is 25.2. The number of hydrogen-bond donors (Lipinski definition) is 0. The molecule has 0 aliphatic heterocycles. The third-order valence-corrected chi connectivity index (χ3v) is 4.31. The Kier molecular flexibility index (Phi) is 14.7. The van der Waals surface area contributed by atoms with Gasteiger partial charge in [-0.15, -0.1) is 0 Å². The molecule has 4 aromatic carbocycles. The zero-order valence-corrected chi connectivity index (χ0v) is 18.2. The van der Waals surface area contributed by atoms with E-state index in [0.29, 0.717) is 0 Å². The predicted molar refractivity (Wildman–Crippen MR) is 109 cm³/mol. The average molecular weight is 386 g/mol. The third-order valence-electron chi connectivity index (χ3n) is 4.31. The fraction of sp³-hybridized carbons (Fsp3) is 0. The van der Waals surface area contributed by atoms with Crippen LogP contribution in [0.1, 0.15) is 0 Å². The van der Waals surface area contributed by atoms with Gasteiger partial charge in [-0.2, -0.15) is 0 Å². The Bertz CT molecular complexity index is 933. The molecule has 0 atom stereocenters. The topological polar surface area (TPSA) is 69.2 Å². The third kappa shape index (κ3) is 8.58. The Labute approximate surface area is 220 Å². The minimum Gasteiger partial charge on any atom is -0.907 e. The van der Waals surface area contributed by atoms with Gasteiger partial charge in [0.2, 0.25) is 0 Å². The van der Waals surface area contributed by atoms with E-state index in [1.165, 1.54) is 33.4 Å². The maximum Gasteiger partial charge on any atom is 1.00 e. The molecular weight excluding hydrogens is 368 g/mol. The molecule has 0 saturated heterocycles. The van der Waals surface area contributed by atoms with Crippen LogP contribution in [-0.4, -0.2) is 7.32 Å². The van der Waals surface area contributed by atoms with Gasteiger partial charge in [0.25, 0.3) is 0 Å².